The van der Waals surface area contributed by atoms with E-state index in [1.54, 1.807) is 30.3 Å². The lowest BCUT2D eigenvalue weighted by Gasteiger charge is -2.09. The molecule has 0 aliphatic heterocycles. The summed E-state index contributed by atoms with van der Waals surface area (Å²) in [6, 6.07) is 16.9. The SMILES string of the molecule is C=CCn1c(Cc2ccccc2)nnc1SCC(=O)Nc1cccc(C(C)=O)c1. The van der Waals surface area contributed by atoms with E-state index in [0.29, 0.717) is 29.4 Å². The highest BCUT2D eigenvalue weighted by Gasteiger charge is 2.14. The van der Waals surface area contributed by atoms with Crippen molar-refractivity contribution < 1.29 is 9.59 Å². The largest absolute Gasteiger partial charge is 0.325 e. The molecule has 0 bridgehead atoms. The zero-order valence-electron chi connectivity index (χ0n) is 16.2. The van der Waals surface area contributed by atoms with Gasteiger partial charge in [0.25, 0.3) is 0 Å². The molecule has 0 saturated heterocycles. The van der Waals surface area contributed by atoms with Crippen molar-refractivity contribution in [3.8, 4) is 0 Å². The molecule has 1 heterocycles. The normalized spacial score (nSPS) is 10.5. The maximum absolute atomic E-state index is 12.3. The van der Waals surface area contributed by atoms with Crippen LogP contribution in [0.3, 0.4) is 0 Å². The van der Waals surface area contributed by atoms with E-state index in [9.17, 15) is 9.59 Å². The summed E-state index contributed by atoms with van der Waals surface area (Å²) in [6.07, 6.45) is 2.45. The minimum atomic E-state index is -0.173. The molecule has 0 unspecified atom stereocenters. The molecule has 7 heteroatoms. The van der Waals surface area contributed by atoms with Crippen LogP contribution in [0.1, 0.15) is 28.7 Å². The van der Waals surface area contributed by atoms with E-state index < -0.39 is 0 Å². The summed E-state index contributed by atoms with van der Waals surface area (Å²) in [6.45, 7) is 5.87. The van der Waals surface area contributed by atoms with Crippen LogP contribution in [0.25, 0.3) is 0 Å². The summed E-state index contributed by atoms with van der Waals surface area (Å²) in [7, 11) is 0. The number of allylic oxidation sites excluding steroid dienone is 1. The van der Waals surface area contributed by atoms with Crippen LogP contribution in [-0.4, -0.2) is 32.2 Å². The molecule has 1 N–H and O–H groups in total. The first-order valence-electron chi connectivity index (χ1n) is 9.17. The number of amides is 1. The van der Waals surface area contributed by atoms with Crippen molar-refractivity contribution in [1.82, 2.24) is 14.8 Å². The lowest BCUT2D eigenvalue weighted by atomic mass is 10.1. The van der Waals surface area contributed by atoms with Gasteiger partial charge in [0.15, 0.2) is 10.9 Å². The van der Waals surface area contributed by atoms with E-state index in [0.717, 1.165) is 11.4 Å². The number of carbonyl (C=O) groups excluding carboxylic acids is 2. The molecular weight excluding hydrogens is 384 g/mol. The zero-order valence-corrected chi connectivity index (χ0v) is 17.0. The van der Waals surface area contributed by atoms with E-state index in [4.69, 9.17) is 0 Å². The first-order valence-corrected chi connectivity index (χ1v) is 10.2. The number of hydrogen-bond acceptors (Lipinski definition) is 5. The van der Waals surface area contributed by atoms with Crippen molar-refractivity contribution in [3.63, 3.8) is 0 Å². The van der Waals surface area contributed by atoms with Crippen molar-refractivity contribution in [2.24, 2.45) is 0 Å². The van der Waals surface area contributed by atoms with Crippen LogP contribution in [-0.2, 0) is 17.8 Å². The first kappa shape index (κ1) is 20.5. The van der Waals surface area contributed by atoms with Crippen molar-refractivity contribution in [1.29, 1.82) is 0 Å². The Bertz CT molecular complexity index is 1010. The van der Waals surface area contributed by atoms with Crippen LogP contribution in [0.4, 0.5) is 5.69 Å². The van der Waals surface area contributed by atoms with E-state index >= 15 is 0 Å². The van der Waals surface area contributed by atoms with Gasteiger partial charge in [-0.15, -0.1) is 16.8 Å². The Labute approximate surface area is 174 Å². The molecular formula is C22H22N4O2S. The second-order valence-electron chi connectivity index (χ2n) is 6.43. The van der Waals surface area contributed by atoms with Crippen LogP contribution >= 0.6 is 11.8 Å². The molecule has 1 amide bonds. The van der Waals surface area contributed by atoms with Crippen LogP contribution < -0.4 is 5.32 Å². The van der Waals surface area contributed by atoms with Crippen molar-refractivity contribution >= 4 is 29.1 Å². The first-order chi connectivity index (χ1) is 14.1. The lowest BCUT2D eigenvalue weighted by Crippen LogP contribution is -2.15. The standard InChI is InChI=1S/C22H22N4O2S/c1-3-12-26-20(13-17-8-5-4-6-9-17)24-25-22(26)29-15-21(28)23-19-11-7-10-18(14-19)16(2)27/h3-11,14H,1,12-13,15H2,2H3,(H,23,28). The molecule has 2 aromatic carbocycles. The van der Waals surface area contributed by atoms with Gasteiger partial charge in [0, 0.05) is 24.2 Å². The number of Topliss-reactive ketones (excluding diaryl/α,β-unsaturated/α-hetero) is 1. The van der Waals surface area contributed by atoms with Gasteiger partial charge in [-0.05, 0) is 24.6 Å². The van der Waals surface area contributed by atoms with Gasteiger partial charge in [-0.1, -0.05) is 60.3 Å². The van der Waals surface area contributed by atoms with Gasteiger partial charge in [0.05, 0.1) is 5.75 Å². The Morgan fingerprint density at radius 3 is 2.66 bits per heavy atom. The fourth-order valence-electron chi connectivity index (χ4n) is 2.79. The van der Waals surface area contributed by atoms with Crippen molar-refractivity contribution in [2.45, 2.75) is 25.0 Å². The molecule has 29 heavy (non-hydrogen) atoms. The Balaban J connectivity index is 1.65. The molecule has 1 aromatic heterocycles. The Morgan fingerprint density at radius 2 is 1.93 bits per heavy atom. The number of benzene rings is 2. The van der Waals surface area contributed by atoms with Crippen molar-refractivity contribution in [3.05, 3.63) is 84.2 Å². The highest BCUT2D eigenvalue weighted by Crippen LogP contribution is 2.20. The fraction of sp³-hybridized carbons (Fsp3) is 0.182. The van der Waals surface area contributed by atoms with Crippen LogP contribution in [0.5, 0.6) is 0 Å². The summed E-state index contributed by atoms with van der Waals surface area (Å²) < 4.78 is 1.97. The molecule has 0 aliphatic rings. The molecule has 3 rings (SSSR count). The fourth-order valence-corrected chi connectivity index (χ4v) is 3.56. The van der Waals surface area contributed by atoms with Gasteiger partial charge in [-0.2, -0.15) is 0 Å². The third-order valence-electron chi connectivity index (χ3n) is 4.20. The maximum atomic E-state index is 12.3. The minimum Gasteiger partial charge on any atom is -0.325 e. The second kappa shape index (κ2) is 9.84. The van der Waals surface area contributed by atoms with Gasteiger partial charge in [-0.25, -0.2) is 0 Å². The number of hydrogen-bond donors (Lipinski definition) is 1. The van der Waals surface area contributed by atoms with Gasteiger partial charge >= 0.3 is 0 Å². The summed E-state index contributed by atoms with van der Waals surface area (Å²) in [4.78, 5) is 23.8. The van der Waals surface area contributed by atoms with E-state index in [-0.39, 0.29) is 17.4 Å². The molecule has 0 radical (unpaired) electrons. The average Bonchev–Trinajstić information content (AvgIpc) is 3.09. The third-order valence-corrected chi connectivity index (χ3v) is 5.16. The van der Waals surface area contributed by atoms with Crippen LogP contribution in [0.15, 0.2) is 72.4 Å². The maximum Gasteiger partial charge on any atom is 0.234 e. The number of carbonyl (C=O) groups is 2. The van der Waals surface area contributed by atoms with Gasteiger partial charge in [0.2, 0.25) is 5.91 Å². The second-order valence-corrected chi connectivity index (χ2v) is 7.38. The van der Waals surface area contributed by atoms with Crippen LogP contribution in [0.2, 0.25) is 0 Å². The Morgan fingerprint density at radius 1 is 1.14 bits per heavy atom. The zero-order chi connectivity index (χ0) is 20.6. The molecule has 3 aromatic rings. The smallest absolute Gasteiger partial charge is 0.234 e. The summed E-state index contributed by atoms with van der Waals surface area (Å²) in [5.41, 5.74) is 2.30. The van der Waals surface area contributed by atoms with Crippen LogP contribution in [0, 0.1) is 0 Å². The predicted octanol–water partition coefficient (Wildman–Crippen LogP) is 3.99. The van der Waals surface area contributed by atoms with E-state index in [2.05, 4.69) is 22.1 Å². The number of thioether (sulfide) groups is 1. The molecule has 148 valence electrons. The molecule has 0 fully saturated rings. The van der Waals surface area contributed by atoms with Gasteiger partial charge < -0.3 is 9.88 Å². The highest BCUT2D eigenvalue weighted by molar-refractivity contribution is 7.99. The van der Waals surface area contributed by atoms with Gasteiger partial charge in [0.1, 0.15) is 5.82 Å². The Hall–Kier alpha value is -3.19. The number of ketones is 1. The topological polar surface area (TPSA) is 76.9 Å². The summed E-state index contributed by atoms with van der Waals surface area (Å²) >= 11 is 1.32. The summed E-state index contributed by atoms with van der Waals surface area (Å²) in [5.74, 6) is 0.797. The summed E-state index contributed by atoms with van der Waals surface area (Å²) in [5, 5.41) is 12.0. The number of rotatable bonds is 9. The van der Waals surface area contributed by atoms with E-state index in [1.165, 1.54) is 18.7 Å². The van der Waals surface area contributed by atoms with E-state index in [1.807, 2.05) is 34.9 Å². The third kappa shape index (κ3) is 5.65. The van der Waals surface area contributed by atoms with Gasteiger partial charge in [-0.3, -0.25) is 9.59 Å². The monoisotopic (exact) mass is 406 g/mol. The molecule has 0 aliphatic carbocycles. The number of aromatic nitrogens is 3. The highest BCUT2D eigenvalue weighted by atomic mass is 32.2. The molecule has 0 atom stereocenters. The number of nitrogens with zero attached hydrogens (tertiary/aromatic N) is 3. The molecule has 0 spiro atoms. The predicted molar refractivity (Wildman–Crippen MR) is 115 cm³/mol. The Kier molecular flexibility index (Phi) is 6.97. The quantitative estimate of drug-likeness (QED) is 0.330. The molecule has 0 saturated carbocycles. The van der Waals surface area contributed by atoms with Crippen molar-refractivity contribution in [2.75, 3.05) is 11.1 Å². The lowest BCUT2D eigenvalue weighted by molar-refractivity contribution is -0.113. The number of anilines is 1. The average molecular weight is 407 g/mol. The molecule has 6 nitrogen and oxygen atoms in total. The minimum absolute atomic E-state index is 0.0426. The number of nitrogens with one attached hydrogen (secondary N) is 1.